The molecule has 2 rings (SSSR count). The van der Waals surface area contributed by atoms with E-state index in [1.54, 1.807) is 6.92 Å². The van der Waals surface area contributed by atoms with E-state index in [1.165, 1.54) is 11.0 Å². The number of nitrogen functional groups attached to an aromatic ring is 2. The third kappa shape index (κ3) is 2.52. The second kappa shape index (κ2) is 4.87. The van der Waals surface area contributed by atoms with Crippen LogP contribution in [0.3, 0.4) is 0 Å². The molecule has 0 unspecified atom stereocenters. The van der Waals surface area contributed by atoms with Gasteiger partial charge in [-0.2, -0.15) is 0 Å². The van der Waals surface area contributed by atoms with Gasteiger partial charge in [-0.1, -0.05) is 0 Å². The van der Waals surface area contributed by atoms with Gasteiger partial charge in [-0.05, 0) is 19.1 Å². The van der Waals surface area contributed by atoms with Gasteiger partial charge in [0.2, 0.25) is 0 Å². The zero-order chi connectivity index (χ0) is 14.2. The SMILES string of the molecule is C[C@@H]1CC(=O)CCN1C(=O)c1cc(N)c(N)cc1F. The summed E-state index contributed by atoms with van der Waals surface area (Å²) in [6.07, 6.45) is 0.611. The van der Waals surface area contributed by atoms with Gasteiger partial charge in [0.05, 0.1) is 16.9 Å². The Hall–Kier alpha value is -2.11. The Morgan fingerprint density at radius 1 is 1.37 bits per heavy atom. The third-order valence-electron chi connectivity index (χ3n) is 3.35. The van der Waals surface area contributed by atoms with E-state index in [-0.39, 0.29) is 28.8 Å². The minimum absolute atomic E-state index is 0.104. The van der Waals surface area contributed by atoms with E-state index >= 15 is 0 Å². The van der Waals surface area contributed by atoms with Crippen LogP contribution < -0.4 is 11.5 Å². The van der Waals surface area contributed by atoms with Crippen LogP contribution in [0, 0.1) is 5.82 Å². The topological polar surface area (TPSA) is 89.4 Å². The lowest BCUT2D eigenvalue weighted by Gasteiger charge is -2.32. The summed E-state index contributed by atoms with van der Waals surface area (Å²) in [6.45, 7) is 2.08. The number of carbonyl (C=O) groups excluding carboxylic acids is 2. The lowest BCUT2D eigenvalue weighted by molar-refractivity contribution is -0.122. The van der Waals surface area contributed by atoms with E-state index in [0.717, 1.165) is 6.07 Å². The number of ketones is 1. The first-order valence-electron chi connectivity index (χ1n) is 6.07. The van der Waals surface area contributed by atoms with Crippen LogP contribution in [0.25, 0.3) is 0 Å². The van der Waals surface area contributed by atoms with Crippen molar-refractivity contribution in [2.75, 3.05) is 18.0 Å². The van der Waals surface area contributed by atoms with Crippen LogP contribution >= 0.6 is 0 Å². The van der Waals surface area contributed by atoms with Gasteiger partial charge in [0, 0.05) is 25.4 Å². The van der Waals surface area contributed by atoms with Crippen LogP contribution in [0.15, 0.2) is 12.1 Å². The van der Waals surface area contributed by atoms with E-state index in [1.807, 2.05) is 0 Å². The van der Waals surface area contributed by atoms with E-state index in [2.05, 4.69) is 0 Å². The molecule has 1 aliphatic heterocycles. The highest BCUT2D eigenvalue weighted by Gasteiger charge is 2.29. The summed E-state index contributed by atoms with van der Waals surface area (Å²) >= 11 is 0. The molecule has 5 nitrogen and oxygen atoms in total. The predicted molar refractivity (Wildman–Crippen MR) is 70.0 cm³/mol. The van der Waals surface area contributed by atoms with Crippen LogP contribution in [0.4, 0.5) is 15.8 Å². The molecule has 0 saturated carbocycles. The Morgan fingerprint density at radius 2 is 2.00 bits per heavy atom. The van der Waals surface area contributed by atoms with Crippen LogP contribution in [0.1, 0.15) is 30.1 Å². The number of hydrogen-bond donors (Lipinski definition) is 2. The molecule has 0 spiro atoms. The fraction of sp³-hybridized carbons (Fsp3) is 0.385. The molecule has 1 amide bonds. The molecule has 1 heterocycles. The third-order valence-corrected chi connectivity index (χ3v) is 3.35. The molecule has 1 aromatic carbocycles. The van der Waals surface area contributed by atoms with E-state index < -0.39 is 11.7 Å². The molecule has 6 heteroatoms. The second-order valence-corrected chi connectivity index (χ2v) is 4.80. The van der Waals surface area contributed by atoms with Crippen molar-refractivity contribution in [3.8, 4) is 0 Å². The van der Waals surface area contributed by atoms with Gasteiger partial charge in [-0.25, -0.2) is 4.39 Å². The Bertz CT molecular complexity index is 545. The van der Waals surface area contributed by atoms with Crippen LogP contribution in [0.5, 0.6) is 0 Å². The molecule has 0 radical (unpaired) electrons. The number of carbonyl (C=O) groups is 2. The lowest BCUT2D eigenvalue weighted by atomic mass is 10.0. The summed E-state index contributed by atoms with van der Waals surface area (Å²) in [7, 11) is 0. The Morgan fingerprint density at radius 3 is 2.63 bits per heavy atom. The van der Waals surface area contributed by atoms with E-state index in [0.29, 0.717) is 19.4 Å². The lowest BCUT2D eigenvalue weighted by Crippen LogP contribution is -2.45. The van der Waals surface area contributed by atoms with Crippen LogP contribution in [0.2, 0.25) is 0 Å². The maximum atomic E-state index is 13.8. The Kier molecular flexibility index (Phi) is 3.42. The Balaban J connectivity index is 2.29. The molecule has 1 saturated heterocycles. The van der Waals surface area contributed by atoms with Gasteiger partial charge in [0.25, 0.3) is 5.91 Å². The predicted octanol–water partition coefficient (Wildman–Crippen LogP) is 1.18. The zero-order valence-corrected chi connectivity index (χ0v) is 10.6. The van der Waals surface area contributed by atoms with Crippen LogP contribution in [-0.2, 0) is 4.79 Å². The number of likely N-dealkylation sites (tertiary alicyclic amines) is 1. The van der Waals surface area contributed by atoms with Gasteiger partial charge < -0.3 is 16.4 Å². The second-order valence-electron chi connectivity index (χ2n) is 4.80. The van der Waals surface area contributed by atoms with E-state index in [4.69, 9.17) is 11.5 Å². The molecule has 102 valence electrons. The highest BCUT2D eigenvalue weighted by atomic mass is 19.1. The highest BCUT2D eigenvalue weighted by molar-refractivity contribution is 5.97. The maximum absolute atomic E-state index is 13.8. The summed E-state index contributed by atoms with van der Waals surface area (Å²) < 4.78 is 13.8. The standard InChI is InChI=1S/C13H16FN3O2/c1-7-4-8(18)2-3-17(7)13(19)9-5-11(15)12(16)6-10(9)14/h5-7H,2-4,15-16H2,1H3/t7-/m1/s1. The van der Waals surface area contributed by atoms with Gasteiger partial charge in [0.1, 0.15) is 11.6 Å². The number of nitrogens with zero attached hydrogens (tertiary/aromatic N) is 1. The first-order chi connectivity index (χ1) is 8.90. The maximum Gasteiger partial charge on any atom is 0.257 e. The van der Waals surface area contributed by atoms with E-state index in [9.17, 15) is 14.0 Å². The van der Waals surface area contributed by atoms with Crippen molar-refractivity contribution in [2.24, 2.45) is 0 Å². The molecule has 0 aromatic heterocycles. The van der Waals surface area contributed by atoms with Crippen molar-refractivity contribution >= 4 is 23.1 Å². The number of rotatable bonds is 1. The van der Waals surface area contributed by atoms with Crippen molar-refractivity contribution in [1.29, 1.82) is 0 Å². The van der Waals surface area contributed by atoms with Crippen molar-refractivity contribution in [3.05, 3.63) is 23.5 Å². The fourth-order valence-electron chi connectivity index (χ4n) is 2.23. The molecule has 0 aliphatic carbocycles. The number of Topliss-reactive ketones (excluding diaryl/α,β-unsaturated/α-hetero) is 1. The number of anilines is 2. The number of amides is 1. The Labute approximate surface area is 110 Å². The summed E-state index contributed by atoms with van der Waals surface area (Å²) in [5.41, 5.74) is 11.3. The molecule has 0 bridgehead atoms. The average molecular weight is 265 g/mol. The zero-order valence-electron chi connectivity index (χ0n) is 10.6. The fourth-order valence-corrected chi connectivity index (χ4v) is 2.23. The van der Waals surface area contributed by atoms with Gasteiger partial charge in [-0.3, -0.25) is 9.59 Å². The van der Waals surface area contributed by atoms with Crippen molar-refractivity contribution < 1.29 is 14.0 Å². The number of piperidine rings is 1. The number of nitrogens with two attached hydrogens (primary N) is 2. The minimum atomic E-state index is -0.694. The van der Waals surface area contributed by atoms with Crippen molar-refractivity contribution in [2.45, 2.75) is 25.8 Å². The molecule has 1 fully saturated rings. The molecule has 1 aromatic rings. The molecule has 19 heavy (non-hydrogen) atoms. The quantitative estimate of drug-likeness (QED) is 0.746. The summed E-state index contributed by atoms with van der Waals surface area (Å²) in [5.74, 6) is -1.03. The molecule has 1 aliphatic rings. The van der Waals surface area contributed by atoms with Gasteiger partial charge in [-0.15, -0.1) is 0 Å². The van der Waals surface area contributed by atoms with Gasteiger partial charge in [0.15, 0.2) is 0 Å². The molecule has 1 atom stereocenters. The van der Waals surface area contributed by atoms with Crippen molar-refractivity contribution in [1.82, 2.24) is 4.90 Å². The molecular weight excluding hydrogens is 249 g/mol. The number of benzene rings is 1. The number of hydrogen-bond acceptors (Lipinski definition) is 4. The monoisotopic (exact) mass is 265 g/mol. The van der Waals surface area contributed by atoms with Gasteiger partial charge >= 0.3 is 0 Å². The van der Waals surface area contributed by atoms with Crippen molar-refractivity contribution in [3.63, 3.8) is 0 Å². The first kappa shape index (κ1) is 13.3. The normalized spacial score (nSPS) is 19.6. The summed E-state index contributed by atoms with van der Waals surface area (Å²) in [6, 6.07) is 2.06. The summed E-state index contributed by atoms with van der Waals surface area (Å²) in [5, 5.41) is 0. The molecule has 4 N–H and O–H groups in total. The minimum Gasteiger partial charge on any atom is -0.397 e. The number of halogens is 1. The smallest absolute Gasteiger partial charge is 0.257 e. The largest absolute Gasteiger partial charge is 0.397 e. The highest BCUT2D eigenvalue weighted by Crippen LogP contribution is 2.23. The average Bonchev–Trinajstić information content (AvgIpc) is 2.33. The summed E-state index contributed by atoms with van der Waals surface area (Å²) in [4.78, 5) is 25.1. The first-order valence-corrected chi connectivity index (χ1v) is 6.07. The van der Waals surface area contributed by atoms with Crippen LogP contribution in [-0.4, -0.2) is 29.2 Å². The molecular formula is C13H16FN3O2.